The Morgan fingerprint density at radius 2 is 2.05 bits per heavy atom. The van der Waals surface area contributed by atoms with Gasteiger partial charge in [-0.1, -0.05) is 13.5 Å². The van der Waals surface area contributed by atoms with E-state index in [2.05, 4.69) is 27.1 Å². The summed E-state index contributed by atoms with van der Waals surface area (Å²) in [6, 6.07) is 7.19. The summed E-state index contributed by atoms with van der Waals surface area (Å²) in [6.07, 6.45) is 0.959. The van der Waals surface area contributed by atoms with Crippen LogP contribution in [-0.2, 0) is 4.79 Å². The maximum absolute atomic E-state index is 11.3. The highest BCUT2D eigenvalue weighted by Crippen LogP contribution is 2.19. The molecular weight excluding hydrogens is 244 g/mol. The number of amides is 1. The Labute approximate surface area is 110 Å². The molecule has 0 spiro atoms. The van der Waals surface area contributed by atoms with Crippen molar-refractivity contribution in [2.24, 2.45) is 15.2 Å². The van der Waals surface area contributed by atoms with E-state index in [1.807, 2.05) is 19.1 Å². The fraction of sp³-hybridized carbons (Fsp3) is 0.231. The van der Waals surface area contributed by atoms with Gasteiger partial charge in [-0.05, 0) is 30.7 Å². The number of rotatable bonds is 4. The molecule has 1 amide bonds. The van der Waals surface area contributed by atoms with Crippen LogP contribution in [0.2, 0.25) is 0 Å². The molecule has 0 atom stereocenters. The summed E-state index contributed by atoms with van der Waals surface area (Å²) in [5.74, 6) is 0.546. The first-order chi connectivity index (χ1) is 9.19. The van der Waals surface area contributed by atoms with Crippen LogP contribution < -0.4 is 10.1 Å². The Balaban J connectivity index is 2.09. The smallest absolute Gasteiger partial charge is 0.277 e. The SMILES string of the molecule is C=C1N=NC(=Nc2ccc(OCCC)cc2)NC1=O. The van der Waals surface area contributed by atoms with Crippen molar-refractivity contribution in [1.29, 1.82) is 0 Å². The lowest BCUT2D eigenvalue weighted by atomic mass is 10.3. The number of ether oxygens (including phenoxy) is 1. The van der Waals surface area contributed by atoms with Crippen LogP contribution in [0.25, 0.3) is 0 Å². The summed E-state index contributed by atoms with van der Waals surface area (Å²) < 4.78 is 5.46. The number of carbonyl (C=O) groups is 1. The molecular formula is C13H14N4O2. The lowest BCUT2D eigenvalue weighted by Gasteiger charge is -2.08. The maximum Gasteiger partial charge on any atom is 0.277 e. The van der Waals surface area contributed by atoms with Crippen LogP contribution in [0.3, 0.4) is 0 Å². The van der Waals surface area contributed by atoms with E-state index in [0.29, 0.717) is 12.3 Å². The number of aliphatic imine (C=N–C) groups is 1. The predicted molar refractivity (Wildman–Crippen MR) is 71.5 cm³/mol. The quantitative estimate of drug-likeness (QED) is 0.842. The number of nitrogens with one attached hydrogen (secondary N) is 1. The van der Waals surface area contributed by atoms with Gasteiger partial charge in [0.2, 0.25) is 5.96 Å². The first-order valence-corrected chi connectivity index (χ1v) is 5.92. The van der Waals surface area contributed by atoms with Crippen molar-refractivity contribution >= 4 is 17.6 Å². The molecule has 0 saturated carbocycles. The Morgan fingerprint density at radius 1 is 1.32 bits per heavy atom. The van der Waals surface area contributed by atoms with Gasteiger partial charge >= 0.3 is 0 Å². The fourth-order valence-electron chi connectivity index (χ4n) is 1.36. The number of benzene rings is 1. The van der Waals surface area contributed by atoms with Gasteiger partial charge in [-0.3, -0.25) is 10.1 Å². The van der Waals surface area contributed by atoms with E-state index < -0.39 is 5.91 Å². The summed E-state index contributed by atoms with van der Waals surface area (Å²) in [6.45, 7) is 6.16. The summed E-state index contributed by atoms with van der Waals surface area (Å²) in [4.78, 5) is 15.5. The van der Waals surface area contributed by atoms with E-state index in [-0.39, 0.29) is 11.7 Å². The third kappa shape index (κ3) is 3.48. The molecule has 2 rings (SSSR count). The van der Waals surface area contributed by atoms with Crippen LogP contribution in [-0.4, -0.2) is 18.5 Å². The lowest BCUT2D eigenvalue weighted by Crippen LogP contribution is -2.32. The molecule has 1 aliphatic rings. The number of azo groups is 1. The summed E-state index contributed by atoms with van der Waals surface area (Å²) in [5.41, 5.74) is 0.730. The number of carbonyl (C=O) groups excluding carboxylic acids is 1. The van der Waals surface area contributed by atoms with Crippen LogP contribution in [0, 0.1) is 0 Å². The third-order valence-corrected chi connectivity index (χ3v) is 2.30. The molecule has 0 fully saturated rings. The Bertz CT molecular complexity index is 546. The second kappa shape index (κ2) is 5.90. The number of hydrogen-bond acceptors (Lipinski definition) is 4. The van der Waals surface area contributed by atoms with E-state index in [1.54, 1.807) is 12.1 Å². The molecule has 0 unspecified atom stereocenters. The van der Waals surface area contributed by atoms with Crippen LogP contribution in [0.4, 0.5) is 5.69 Å². The van der Waals surface area contributed by atoms with Gasteiger partial charge in [-0.25, -0.2) is 4.99 Å². The minimum atomic E-state index is -0.392. The van der Waals surface area contributed by atoms with Crippen molar-refractivity contribution in [1.82, 2.24) is 5.32 Å². The highest BCUT2D eigenvalue weighted by atomic mass is 16.5. The maximum atomic E-state index is 11.3. The number of hydrogen-bond donors (Lipinski definition) is 1. The van der Waals surface area contributed by atoms with Crippen LogP contribution >= 0.6 is 0 Å². The molecule has 1 heterocycles. The molecule has 0 bridgehead atoms. The molecule has 1 aromatic carbocycles. The largest absolute Gasteiger partial charge is 0.494 e. The fourth-order valence-corrected chi connectivity index (χ4v) is 1.36. The van der Waals surface area contributed by atoms with Gasteiger partial charge in [0, 0.05) is 0 Å². The zero-order valence-electron chi connectivity index (χ0n) is 10.6. The Morgan fingerprint density at radius 3 is 2.68 bits per heavy atom. The zero-order valence-corrected chi connectivity index (χ0v) is 10.6. The lowest BCUT2D eigenvalue weighted by molar-refractivity contribution is -0.116. The first-order valence-electron chi connectivity index (χ1n) is 5.92. The van der Waals surface area contributed by atoms with Gasteiger partial charge < -0.3 is 4.74 Å². The molecule has 6 nitrogen and oxygen atoms in total. The van der Waals surface area contributed by atoms with Crippen LogP contribution in [0.1, 0.15) is 13.3 Å². The molecule has 0 saturated heterocycles. The predicted octanol–water partition coefficient (Wildman–Crippen LogP) is 2.56. The molecule has 98 valence electrons. The topological polar surface area (TPSA) is 75.4 Å². The average Bonchev–Trinajstić information content (AvgIpc) is 2.42. The monoisotopic (exact) mass is 258 g/mol. The van der Waals surface area contributed by atoms with E-state index in [0.717, 1.165) is 12.2 Å². The van der Waals surface area contributed by atoms with Gasteiger partial charge in [0.1, 0.15) is 11.4 Å². The van der Waals surface area contributed by atoms with Gasteiger partial charge in [0.25, 0.3) is 5.91 Å². The normalized spacial score (nSPS) is 16.6. The standard InChI is InChI=1S/C13H14N4O2/c1-3-8-19-11-6-4-10(5-7-11)14-13-15-12(18)9(2)16-17-13/h4-7H,2-3,8H2,1H3,(H,14,15,18). The Hall–Kier alpha value is -2.50. The summed E-state index contributed by atoms with van der Waals surface area (Å²) in [5, 5.41) is 9.83. The number of nitrogens with zero attached hydrogens (tertiary/aromatic N) is 3. The molecule has 1 N–H and O–H groups in total. The van der Waals surface area contributed by atoms with Crippen molar-refractivity contribution in [2.45, 2.75) is 13.3 Å². The van der Waals surface area contributed by atoms with Gasteiger partial charge in [0.15, 0.2) is 0 Å². The number of guanidine groups is 1. The molecule has 19 heavy (non-hydrogen) atoms. The van der Waals surface area contributed by atoms with Crippen molar-refractivity contribution in [3.8, 4) is 5.75 Å². The van der Waals surface area contributed by atoms with Gasteiger partial charge in [-0.2, -0.15) is 0 Å². The van der Waals surface area contributed by atoms with Gasteiger partial charge in [-0.15, -0.1) is 10.2 Å². The highest BCUT2D eigenvalue weighted by molar-refractivity contribution is 6.07. The molecule has 0 radical (unpaired) electrons. The van der Waals surface area contributed by atoms with E-state index in [4.69, 9.17) is 4.74 Å². The Kier molecular flexibility index (Phi) is 4.02. The van der Waals surface area contributed by atoms with Crippen molar-refractivity contribution in [3.05, 3.63) is 36.5 Å². The minimum absolute atomic E-state index is 0.0715. The van der Waals surface area contributed by atoms with Crippen LogP contribution in [0.5, 0.6) is 5.75 Å². The highest BCUT2D eigenvalue weighted by Gasteiger charge is 2.14. The molecule has 0 aliphatic carbocycles. The second-order valence-corrected chi connectivity index (χ2v) is 3.88. The van der Waals surface area contributed by atoms with Crippen molar-refractivity contribution < 1.29 is 9.53 Å². The molecule has 1 aromatic rings. The summed E-state index contributed by atoms with van der Waals surface area (Å²) >= 11 is 0. The van der Waals surface area contributed by atoms with Crippen LogP contribution in [0.15, 0.2) is 51.8 Å². The van der Waals surface area contributed by atoms with Crippen molar-refractivity contribution in [3.63, 3.8) is 0 Å². The van der Waals surface area contributed by atoms with Gasteiger partial charge in [0.05, 0.1) is 12.3 Å². The van der Waals surface area contributed by atoms with Crippen molar-refractivity contribution in [2.75, 3.05) is 6.61 Å². The molecule has 1 aliphatic heterocycles. The summed E-state index contributed by atoms with van der Waals surface area (Å²) in [7, 11) is 0. The first kappa shape index (κ1) is 12.9. The minimum Gasteiger partial charge on any atom is -0.494 e. The second-order valence-electron chi connectivity index (χ2n) is 3.88. The van der Waals surface area contributed by atoms with E-state index in [1.165, 1.54) is 0 Å². The average molecular weight is 258 g/mol. The third-order valence-electron chi connectivity index (χ3n) is 2.30. The molecule has 0 aromatic heterocycles. The van der Waals surface area contributed by atoms with E-state index in [9.17, 15) is 4.79 Å². The molecule has 6 heteroatoms. The van der Waals surface area contributed by atoms with E-state index >= 15 is 0 Å². The zero-order chi connectivity index (χ0) is 13.7.